The summed E-state index contributed by atoms with van der Waals surface area (Å²) in [5.41, 5.74) is 1.88. The molecule has 1 saturated heterocycles. The van der Waals surface area contributed by atoms with Crippen LogP contribution in [0.25, 0.3) is 0 Å². The number of benzene rings is 2. The first-order valence-corrected chi connectivity index (χ1v) is 10.7. The van der Waals surface area contributed by atoms with Crippen LogP contribution in [-0.4, -0.2) is 26.0 Å². The molecule has 6 nitrogen and oxygen atoms in total. The molecule has 2 aromatic rings. The third-order valence-electron chi connectivity index (χ3n) is 4.78. The van der Waals surface area contributed by atoms with E-state index in [1.54, 1.807) is 19.9 Å². The van der Waals surface area contributed by atoms with Gasteiger partial charge in [-0.25, -0.2) is 12.7 Å². The Labute approximate surface area is 169 Å². The van der Waals surface area contributed by atoms with E-state index in [2.05, 4.69) is 5.32 Å². The average Bonchev–Trinajstić information content (AvgIpc) is 2.75. The second-order valence-corrected chi connectivity index (χ2v) is 9.85. The van der Waals surface area contributed by atoms with Crippen molar-refractivity contribution in [1.29, 1.82) is 0 Å². The molecule has 3 rings (SSSR count). The molecule has 0 unspecified atom stereocenters. The Morgan fingerprint density at radius 3 is 2.36 bits per heavy atom. The van der Waals surface area contributed by atoms with Gasteiger partial charge >= 0.3 is 0 Å². The molecule has 0 saturated carbocycles. The molecule has 0 bridgehead atoms. The van der Waals surface area contributed by atoms with Gasteiger partial charge < -0.3 is 5.32 Å². The minimum absolute atomic E-state index is 0.0881. The highest BCUT2D eigenvalue weighted by atomic mass is 35.5. The average molecular weight is 421 g/mol. The molecule has 1 heterocycles. The van der Waals surface area contributed by atoms with Crippen LogP contribution in [0.5, 0.6) is 0 Å². The van der Waals surface area contributed by atoms with Gasteiger partial charge in [0.05, 0.1) is 27.4 Å². The molecule has 28 heavy (non-hydrogen) atoms. The van der Waals surface area contributed by atoms with Gasteiger partial charge in [0, 0.05) is 5.69 Å². The Morgan fingerprint density at radius 1 is 1.11 bits per heavy atom. The summed E-state index contributed by atoms with van der Waals surface area (Å²) in [5, 5.41) is 2.92. The zero-order valence-corrected chi connectivity index (χ0v) is 17.6. The lowest BCUT2D eigenvalue weighted by molar-refractivity contribution is -0.123. The fourth-order valence-electron chi connectivity index (χ4n) is 3.09. The quantitative estimate of drug-likeness (QED) is 0.815. The van der Waals surface area contributed by atoms with Crippen molar-refractivity contribution in [2.24, 2.45) is 5.41 Å². The van der Waals surface area contributed by atoms with Crippen LogP contribution in [0.1, 0.15) is 35.3 Å². The maximum Gasteiger partial charge on any atom is 0.257 e. The molecular weight excluding hydrogens is 400 g/mol. The van der Waals surface area contributed by atoms with Crippen molar-refractivity contribution in [3.05, 3.63) is 58.1 Å². The Hall–Kier alpha value is -2.38. The number of aryl methyl sites for hydroxylation is 2. The van der Waals surface area contributed by atoms with Crippen LogP contribution in [0.15, 0.2) is 36.4 Å². The van der Waals surface area contributed by atoms with Crippen molar-refractivity contribution in [2.75, 3.05) is 15.4 Å². The SMILES string of the molecule is Cc1ccc(NC(=O)c2cc(N3C(=O)C(C)(C)CS3(=O)=O)ccc2Cl)cc1C. The summed E-state index contributed by atoms with van der Waals surface area (Å²) in [6, 6.07) is 9.67. The molecule has 1 aliphatic heterocycles. The first kappa shape index (κ1) is 20.4. The minimum atomic E-state index is -3.81. The zero-order valence-electron chi connectivity index (χ0n) is 16.0. The van der Waals surface area contributed by atoms with Gasteiger partial charge in [-0.05, 0) is 69.2 Å². The Bertz CT molecular complexity index is 1090. The largest absolute Gasteiger partial charge is 0.322 e. The highest BCUT2D eigenvalue weighted by Crippen LogP contribution is 2.37. The van der Waals surface area contributed by atoms with E-state index in [4.69, 9.17) is 11.6 Å². The molecule has 148 valence electrons. The number of carbonyl (C=O) groups is 2. The van der Waals surface area contributed by atoms with Crippen LogP contribution in [0.4, 0.5) is 11.4 Å². The first-order chi connectivity index (χ1) is 12.9. The zero-order chi connectivity index (χ0) is 20.9. The second kappa shape index (κ2) is 6.90. The van der Waals surface area contributed by atoms with E-state index in [-0.39, 0.29) is 22.0 Å². The van der Waals surface area contributed by atoms with E-state index in [1.165, 1.54) is 18.2 Å². The van der Waals surface area contributed by atoms with Gasteiger partial charge in [0.15, 0.2) is 0 Å². The topological polar surface area (TPSA) is 83.6 Å². The van der Waals surface area contributed by atoms with Gasteiger partial charge in [-0.2, -0.15) is 0 Å². The summed E-state index contributed by atoms with van der Waals surface area (Å²) < 4.78 is 25.7. The molecule has 0 spiro atoms. The maximum absolute atomic E-state index is 12.7. The molecule has 1 aliphatic rings. The fraction of sp³-hybridized carbons (Fsp3) is 0.300. The van der Waals surface area contributed by atoms with Crippen molar-refractivity contribution < 1.29 is 18.0 Å². The Morgan fingerprint density at radius 2 is 1.79 bits per heavy atom. The third-order valence-corrected chi connectivity index (χ3v) is 7.13. The van der Waals surface area contributed by atoms with Gasteiger partial charge in [0.25, 0.3) is 5.91 Å². The van der Waals surface area contributed by atoms with Crippen LogP contribution >= 0.6 is 11.6 Å². The smallest absolute Gasteiger partial charge is 0.257 e. The van der Waals surface area contributed by atoms with E-state index in [0.717, 1.165) is 15.4 Å². The van der Waals surface area contributed by atoms with Gasteiger partial charge in [0.1, 0.15) is 0 Å². The van der Waals surface area contributed by atoms with Crippen molar-refractivity contribution in [3.63, 3.8) is 0 Å². The monoisotopic (exact) mass is 420 g/mol. The highest BCUT2D eigenvalue weighted by molar-refractivity contribution is 7.94. The number of amides is 2. The molecule has 2 amide bonds. The lowest BCUT2D eigenvalue weighted by Crippen LogP contribution is -2.33. The number of anilines is 2. The Balaban J connectivity index is 1.97. The molecule has 0 aromatic heterocycles. The fourth-order valence-corrected chi connectivity index (χ4v) is 5.40. The molecule has 2 aromatic carbocycles. The van der Waals surface area contributed by atoms with Crippen LogP contribution in [0, 0.1) is 19.3 Å². The van der Waals surface area contributed by atoms with Gasteiger partial charge in [-0.15, -0.1) is 0 Å². The highest BCUT2D eigenvalue weighted by Gasteiger charge is 2.50. The van der Waals surface area contributed by atoms with Crippen molar-refractivity contribution >= 4 is 44.8 Å². The van der Waals surface area contributed by atoms with Gasteiger partial charge in [-0.3, -0.25) is 9.59 Å². The van der Waals surface area contributed by atoms with E-state index in [0.29, 0.717) is 5.69 Å². The number of carbonyl (C=O) groups excluding carboxylic acids is 2. The standard InChI is InChI=1S/C20H21ClN2O4S/c1-12-5-6-14(9-13(12)2)22-18(24)16-10-15(7-8-17(16)21)23-19(25)20(3,4)11-28(23,26)27/h5-10H,11H2,1-4H3,(H,22,24). The normalized spacial score (nSPS) is 17.6. The van der Waals surface area contributed by atoms with Crippen molar-refractivity contribution in [3.8, 4) is 0 Å². The van der Waals surface area contributed by atoms with Gasteiger partial charge in [0.2, 0.25) is 15.9 Å². The summed E-state index contributed by atoms with van der Waals surface area (Å²) in [6.07, 6.45) is 0. The van der Waals surface area contributed by atoms with Crippen LogP contribution in [-0.2, 0) is 14.8 Å². The van der Waals surface area contributed by atoms with E-state index >= 15 is 0 Å². The lowest BCUT2D eigenvalue weighted by atomic mass is 9.95. The number of halogens is 1. The minimum Gasteiger partial charge on any atom is -0.322 e. The summed E-state index contributed by atoms with van der Waals surface area (Å²) in [4.78, 5) is 25.3. The van der Waals surface area contributed by atoms with Crippen LogP contribution in [0.3, 0.4) is 0 Å². The van der Waals surface area contributed by atoms with Crippen LogP contribution in [0.2, 0.25) is 5.02 Å². The molecule has 8 heteroatoms. The molecular formula is C20H21ClN2O4S. The Kier molecular flexibility index (Phi) is 5.02. The maximum atomic E-state index is 12.7. The number of sulfonamides is 1. The van der Waals surface area contributed by atoms with E-state index < -0.39 is 27.3 Å². The third kappa shape index (κ3) is 3.64. The summed E-state index contributed by atoms with van der Waals surface area (Å²) in [5.74, 6) is -1.31. The van der Waals surface area contributed by atoms with Crippen molar-refractivity contribution in [1.82, 2.24) is 0 Å². The number of hydrogen-bond acceptors (Lipinski definition) is 4. The van der Waals surface area contributed by atoms with E-state index in [9.17, 15) is 18.0 Å². The number of hydrogen-bond donors (Lipinski definition) is 1. The second-order valence-electron chi connectivity index (χ2n) is 7.63. The van der Waals surface area contributed by atoms with Crippen LogP contribution < -0.4 is 9.62 Å². The lowest BCUT2D eigenvalue weighted by Gasteiger charge is -2.18. The van der Waals surface area contributed by atoms with Crippen molar-refractivity contribution in [2.45, 2.75) is 27.7 Å². The van der Waals surface area contributed by atoms with Gasteiger partial charge in [-0.1, -0.05) is 17.7 Å². The molecule has 1 fully saturated rings. The molecule has 1 N–H and O–H groups in total. The number of rotatable bonds is 3. The molecule has 0 aliphatic carbocycles. The number of nitrogens with one attached hydrogen (secondary N) is 1. The predicted octanol–water partition coefficient (Wildman–Crippen LogP) is 3.91. The summed E-state index contributed by atoms with van der Waals surface area (Å²) in [6.45, 7) is 7.06. The molecule has 0 atom stereocenters. The number of nitrogens with zero attached hydrogens (tertiary/aromatic N) is 1. The molecule has 0 radical (unpaired) electrons. The van der Waals surface area contributed by atoms with E-state index in [1.807, 2.05) is 26.0 Å². The summed E-state index contributed by atoms with van der Waals surface area (Å²) in [7, 11) is -3.81. The first-order valence-electron chi connectivity index (χ1n) is 8.68. The summed E-state index contributed by atoms with van der Waals surface area (Å²) >= 11 is 6.17. The predicted molar refractivity (Wildman–Crippen MR) is 110 cm³/mol.